The number of nitrogens with two attached hydrogens (primary N) is 2. The Morgan fingerprint density at radius 2 is 1.89 bits per heavy atom. The number of morpholine rings is 1. The average molecular weight is 485 g/mol. The molecule has 0 radical (unpaired) electrons. The van der Waals surface area contributed by atoms with Crippen molar-refractivity contribution in [2.75, 3.05) is 61.1 Å². The molecule has 5 rings (SSSR count). The van der Waals surface area contributed by atoms with Gasteiger partial charge in [0, 0.05) is 60.1 Å². The van der Waals surface area contributed by atoms with Crippen molar-refractivity contribution < 1.29 is 13.5 Å². The Morgan fingerprint density at radius 3 is 2.69 bits per heavy atom. The van der Waals surface area contributed by atoms with Crippen molar-refractivity contribution in [3.8, 4) is 0 Å². The molecule has 2 saturated heterocycles. The molecule has 2 aromatic heterocycles. The number of nitrogens with zero attached hydrogens (tertiary/aromatic N) is 5. The summed E-state index contributed by atoms with van der Waals surface area (Å²) in [7, 11) is 0. The van der Waals surface area contributed by atoms with E-state index in [1.165, 1.54) is 6.07 Å². The molecule has 0 bridgehead atoms. The minimum atomic E-state index is -2.71. The predicted octanol–water partition coefficient (Wildman–Crippen LogP) is 3.13. The van der Waals surface area contributed by atoms with Crippen molar-refractivity contribution in [1.29, 1.82) is 0 Å². The molecule has 0 aliphatic carbocycles. The van der Waals surface area contributed by atoms with Crippen LogP contribution >= 0.6 is 0 Å². The maximum atomic E-state index is 13.5. The highest BCUT2D eigenvalue weighted by atomic mass is 19.3. The molecule has 0 saturated carbocycles. The summed E-state index contributed by atoms with van der Waals surface area (Å²) in [6.45, 7) is 8.86. The Kier molecular flexibility index (Phi) is 6.28. The van der Waals surface area contributed by atoms with Crippen molar-refractivity contribution >= 4 is 33.8 Å². The number of aryl methyl sites for hydroxylation is 1. The molecule has 0 amide bonds. The van der Waals surface area contributed by atoms with E-state index < -0.39 is 12.5 Å². The van der Waals surface area contributed by atoms with Crippen molar-refractivity contribution in [3.63, 3.8) is 0 Å². The number of alkyl halides is 2. The van der Waals surface area contributed by atoms with Gasteiger partial charge in [0.05, 0.1) is 31.0 Å². The van der Waals surface area contributed by atoms with Crippen LogP contribution in [0.25, 0.3) is 10.8 Å². The number of hydrogen-bond donors (Lipinski definition) is 3. The molecule has 11 heteroatoms. The molecule has 2 aliphatic rings. The van der Waals surface area contributed by atoms with Crippen LogP contribution < -0.4 is 21.7 Å². The van der Waals surface area contributed by atoms with Crippen LogP contribution in [0.4, 0.5) is 31.8 Å². The molecule has 35 heavy (non-hydrogen) atoms. The van der Waals surface area contributed by atoms with Gasteiger partial charge < -0.3 is 26.4 Å². The molecular weight excluding hydrogens is 454 g/mol. The number of aromatic nitrogens is 3. The van der Waals surface area contributed by atoms with E-state index in [4.69, 9.17) is 21.2 Å². The Morgan fingerprint density at radius 1 is 1.09 bits per heavy atom. The van der Waals surface area contributed by atoms with Gasteiger partial charge in [0.2, 0.25) is 0 Å². The lowest BCUT2D eigenvalue weighted by Gasteiger charge is -2.44. The van der Waals surface area contributed by atoms with Gasteiger partial charge >= 0.3 is 0 Å². The van der Waals surface area contributed by atoms with Gasteiger partial charge in [0.1, 0.15) is 5.82 Å². The summed E-state index contributed by atoms with van der Waals surface area (Å²) in [5, 5.41) is 13.7. The van der Waals surface area contributed by atoms with E-state index in [2.05, 4.69) is 25.3 Å². The summed E-state index contributed by atoms with van der Waals surface area (Å²) < 4.78 is 32.6. The monoisotopic (exact) mass is 484 g/mol. The summed E-state index contributed by atoms with van der Waals surface area (Å²) in [5.74, 6) is 1.39. The SMILES string of the molecule is Cc1nnc(N[C@H](C)c2cc(N)cc(C(F)F)c2N)c2cc(N3CCN4CCOC[C@@H]4C3)ncc12. The first kappa shape index (κ1) is 23.4. The molecule has 0 unspecified atom stereocenters. The van der Waals surface area contributed by atoms with Crippen LogP contribution in [-0.4, -0.2) is 65.5 Å². The molecule has 2 aliphatic heterocycles. The van der Waals surface area contributed by atoms with Crippen LogP contribution in [0.1, 0.15) is 36.2 Å². The standard InChI is InChI=1S/C24H30F2N8O/c1-13(17-7-15(27)8-19(22(17)28)23(25)26)30-24-18-9-21(29-10-20(18)14(2)31-32-24)34-4-3-33-5-6-35-12-16(33)11-34/h7-10,13,16,23H,3-6,11-12,27-28H2,1-2H3,(H,30,32)/t13-,16+/m1/s1. The van der Waals surface area contributed by atoms with E-state index in [-0.39, 0.29) is 16.9 Å². The number of hydrogen-bond acceptors (Lipinski definition) is 9. The fraction of sp³-hybridized carbons (Fsp3) is 0.458. The summed E-state index contributed by atoms with van der Waals surface area (Å²) in [6, 6.07) is 4.75. The minimum absolute atomic E-state index is 0.0218. The topological polar surface area (TPSA) is 118 Å². The van der Waals surface area contributed by atoms with Crippen molar-refractivity contribution in [2.24, 2.45) is 0 Å². The summed E-state index contributed by atoms with van der Waals surface area (Å²) in [6.07, 6.45) is -0.897. The largest absolute Gasteiger partial charge is 0.399 e. The van der Waals surface area contributed by atoms with Crippen LogP contribution in [0.2, 0.25) is 0 Å². The fourth-order valence-corrected chi connectivity index (χ4v) is 4.94. The van der Waals surface area contributed by atoms with Crippen LogP contribution in [-0.2, 0) is 4.74 Å². The Bertz CT molecular complexity index is 1240. The van der Waals surface area contributed by atoms with Crippen molar-refractivity contribution in [1.82, 2.24) is 20.1 Å². The molecule has 186 valence electrons. The highest BCUT2D eigenvalue weighted by Gasteiger charge is 2.30. The molecule has 2 atom stereocenters. The Hall–Kier alpha value is -3.31. The lowest BCUT2D eigenvalue weighted by atomic mass is 10.0. The van der Waals surface area contributed by atoms with E-state index in [0.29, 0.717) is 17.4 Å². The van der Waals surface area contributed by atoms with Gasteiger partial charge in [-0.2, -0.15) is 5.10 Å². The number of anilines is 4. The van der Waals surface area contributed by atoms with Crippen LogP contribution in [0, 0.1) is 6.92 Å². The second-order valence-electron chi connectivity index (χ2n) is 9.21. The van der Waals surface area contributed by atoms with Gasteiger partial charge in [-0.25, -0.2) is 13.8 Å². The first-order chi connectivity index (χ1) is 16.8. The third kappa shape index (κ3) is 4.53. The first-order valence-electron chi connectivity index (χ1n) is 11.7. The number of nitrogens with one attached hydrogen (secondary N) is 1. The normalized spacial score (nSPS) is 19.7. The van der Waals surface area contributed by atoms with Crippen molar-refractivity contribution in [3.05, 3.63) is 41.2 Å². The molecule has 0 spiro atoms. The zero-order valence-electron chi connectivity index (χ0n) is 19.8. The maximum absolute atomic E-state index is 13.5. The van der Waals surface area contributed by atoms with Gasteiger partial charge in [-0.15, -0.1) is 5.10 Å². The number of rotatable bonds is 5. The summed E-state index contributed by atoms with van der Waals surface area (Å²) in [4.78, 5) is 9.45. The number of nitrogen functional groups attached to an aromatic ring is 2. The molecular formula is C24H30F2N8O. The number of halogens is 2. The number of fused-ring (bicyclic) bond motifs is 2. The third-order valence-corrected chi connectivity index (χ3v) is 6.92. The van der Waals surface area contributed by atoms with Gasteiger partial charge in [-0.3, -0.25) is 4.90 Å². The lowest BCUT2D eigenvalue weighted by Crippen LogP contribution is -2.58. The highest BCUT2D eigenvalue weighted by Crippen LogP contribution is 2.36. The average Bonchev–Trinajstić information content (AvgIpc) is 2.86. The number of pyridine rings is 1. The van der Waals surface area contributed by atoms with Crippen LogP contribution in [0.15, 0.2) is 24.4 Å². The van der Waals surface area contributed by atoms with E-state index >= 15 is 0 Å². The second-order valence-corrected chi connectivity index (χ2v) is 9.21. The Labute approximate surface area is 202 Å². The maximum Gasteiger partial charge on any atom is 0.265 e. The first-order valence-corrected chi connectivity index (χ1v) is 11.7. The fourth-order valence-electron chi connectivity index (χ4n) is 4.94. The smallest absolute Gasteiger partial charge is 0.265 e. The molecule has 4 heterocycles. The predicted molar refractivity (Wildman–Crippen MR) is 133 cm³/mol. The minimum Gasteiger partial charge on any atom is -0.399 e. The Balaban J connectivity index is 1.46. The molecule has 2 fully saturated rings. The van der Waals surface area contributed by atoms with Crippen molar-refractivity contribution in [2.45, 2.75) is 32.4 Å². The summed E-state index contributed by atoms with van der Waals surface area (Å²) >= 11 is 0. The molecule has 9 nitrogen and oxygen atoms in total. The third-order valence-electron chi connectivity index (χ3n) is 6.92. The summed E-state index contributed by atoms with van der Waals surface area (Å²) in [5.41, 5.74) is 13.2. The van der Waals surface area contributed by atoms with E-state index in [1.54, 1.807) is 6.07 Å². The second kappa shape index (κ2) is 9.38. The molecule has 5 N–H and O–H groups in total. The van der Waals surface area contributed by atoms with Gasteiger partial charge in [-0.05, 0) is 37.6 Å². The van der Waals surface area contributed by atoms with Gasteiger partial charge in [0.15, 0.2) is 5.82 Å². The van der Waals surface area contributed by atoms with Gasteiger partial charge in [-0.1, -0.05) is 0 Å². The van der Waals surface area contributed by atoms with Crippen LogP contribution in [0.5, 0.6) is 0 Å². The van der Waals surface area contributed by atoms with E-state index in [9.17, 15) is 8.78 Å². The number of ether oxygens (including phenoxy) is 1. The van der Waals surface area contributed by atoms with Crippen LogP contribution in [0.3, 0.4) is 0 Å². The lowest BCUT2D eigenvalue weighted by molar-refractivity contribution is -0.0117. The van der Waals surface area contributed by atoms with Gasteiger partial charge in [0.25, 0.3) is 6.43 Å². The highest BCUT2D eigenvalue weighted by molar-refractivity contribution is 5.94. The van der Waals surface area contributed by atoms with E-state index in [0.717, 1.165) is 61.7 Å². The quantitative estimate of drug-likeness (QED) is 0.469. The molecule has 1 aromatic carbocycles. The number of benzene rings is 1. The zero-order chi connectivity index (χ0) is 24.7. The zero-order valence-corrected chi connectivity index (χ0v) is 19.8. The molecule has 3 aromatic rings. The number of piperazine rings is 1. The van der Waals surface area contributed by atoms with E-state index in [1.807, 2.05) is 26.1 Å².